The highest BCUT2D eigenvalue weighted by atomic mass is 32.2. The Balaban J connectivity index is 1.51. The van der Waals surface area contributed by atoms with E-state index in [1.54, 1.807) is 7.11 Å². The zero-order chi connectivity index (χ0) is 18.6. The molecule has 26 heavy (non-hydrogen) atoms. The summed E-state index contributed by atoms with van der Waals surface area (Å²) in [6, 6.07) is 7.52. The Kier molecular flexibility index (Phi) is 6.06. The average molecular weight is 381 g/mol. The van der Waals surface area contributed by atoms with Crippen molar-refractivity contribution in [3.05, 3.63) is 24.3 Å². The number of carbonyl (C=O) groups excluding carboxylic acids is 1. The molecule has 1 aromatic carbocycles. The van der Waals surface area contributed by atoms with Crippen LogP contribution in [-0.4, -0.2) is 57.5 Å². The maximum atomic E-state index is 12.7. The number of amides is 1. The molecule has 7 heteroatoms. The van der Waals surface area contributed by atoms with Crippen LogP contribution in [-0.2, 0) is 14.6 Å². The number of hydrogen-bond acceptors (Lipinski definition) is 5. The summed E-state index contributed by atoms with van der Waals surface area (Å²) in [5.41, 5.74) is 0. The first-order chi connectivity index (χ1) is 12.5. The topological polar surface area (TPSA) is 72.9 Å². The molecule has 1 amide bonds. The molecule has 0 saturated carbocycles. The van der Waals surface area contributed by atoms with Gasteiger partial charge in [-0.05, 0) is 37.8 Å². The second-order valence-electron chi connectivity index (χ2n) is 7.21. The molecule has 0 N–H and O–H groups in total. The number of sulfone groups is 1. The fraction of sp³-hybridized carbons (Fsp3) is 0.632. The molecule has 1 unspecified atom stereocenters. The van der Waals surface area contributed by atoms with E-state index in [1.165, 1.54) is 0 Å². The van der Waals surface area contributed by atoms with Gasteiger partial charge in [-0.25, -0.2) is 8.42 Å². The van der Waals surface area contributed by atoms with Crippen LogP contribution in [0, 0.1) is 11.8 Å². The van der Waals surface area contributed by atoms with Gasteiger partial charge in [0.15, 0.2) is 0 Å². The molecule has 0 radical (unpaired) electrons. The Labute approximate surface area is 155 Å². The molecule has 2 saturated heterocycles. The number of benzene rings is 1. The van der Waals surface area contributed by atoms with Crippen molar-refractivity contribution in [2.24, 2.45) is 11.8 Å². The van der Waals surface area contributed by atoms with E-state index in [4.69, 9.17) is 9.47 Å². The van der Waals surface area contributed by atoms with Crippen LogP contribution in [0.4, 0.5) is 0 Å². The summed E-state index contributed by atoms with van der Waals surface area (Å²) in [5.74, 6) is 2.08. The number of hydrogen-bond donors (Lipinski definition) is 0. The van der Waals surface area contributed by atoms with E-state index in [-0.39, 0.29) is 23.3 Å². The van der Waals surface area contributed by atoms with Crippen LogP contribution in [0.1, 0.15) is 25.7 Å². The third-order valence-electron chi connectivity index (χ3n) is 5.26. The summed E-state index contributed by atoms with van der Waals surface area (Å²) < 4.78 is 34.2. The minimum Gasteiger partial charge on any atom is -0.497 e. The van der Waals surface area contributed by atoms with Crippen molar-refractivity contribution in [2.45, 2.75) is 25.7 Å². The number of rotatable bonds is 5. The average Bonchev–Trinajstić information content (AvgIpc) is 2.66. The first-order valence-corrected chi connectivity index (χ1v) is 11.0. The summed E-state index contributed by atoms with van der Waals surface area (Å²) in [6.45, 7) is 2.01. The molecule has 2 aliphatic rings. The van der Waals surface area contributed by atoms with Gasteiger partial charge in [0.1, 0.15) is 21.3 Å². The van der Waals surface area contributed by atoms with Gasteiger partial charge in [0.25, 0.3) is 0 Å². The first kappa shape index (κ1) is 19.0. The number of ether oxygens (including phenoxy) is 2. The van der Waals surface area contributed by atoms with Crippen LogP contribution in [0.2, 0.25) is 0 Å². The molecule has 1 aromatic rings. The summed E-state index contributed by atoms with van der Waals surface area (Å²) in [6.07, 6.45) is 2.92. The van der Waals surface area contributed by atoms with Crippen LogP contribution in [0.3, 0.4) is 0 Å². The predicted molar refractivity (Wildman–Crippen MR) is 99.2 cm³/mol. The van der Waals surface area contributed by atoms with Crippen molar-refractivity contribution in [1.82, 2.24) is 4.90 Å². The Morgan fingerprint density at radius 3 is 2.65 bits per heavy atom. The molecule has 6 nitrogen and oxygen atoms in total. The number of carbonyl (C=O) groups is 1. The lowest BCUT2D eigenvalue weighted by Gasteiger charge is -2.35. The van der Waals surface area contributed by atoms with Crippen molar-refractivity contribution < 1.29 is 22.7 Å². The summed E-state index contributed by atoms with van der Waals surface area (Å²) >= 11 is 0. The number of methoxy groups -OCH3 is 1. The van der Waals surface area contributed by atoms with E-state index in [2.05, 4.69) is 0 Å². The molecular formula is C19H27NO5S. The first-order valence-electron chi connectivity index (χ1n) is 9.23. The highest BCUT2D eigenvalue weighted by molar-refractivity contribution is 7.91. The van der Waals surface area contributed by atoms with Gasteiger partial charge in [0, 0.05) is 31.0 Å². The van der Waals surface area contributed by atoms with Gasteiger partial charge in [0.05, 0.1) is 25.2 Å². The molecule has 0 spiro atoms. The smallest absolute Gasteiger partial charge is 0.225 e. The minimum atomic E-state index is -2.94. The molecule has 0 bridgehead atoms. The van der Waals surface area contributed by atoms with Crippen molar-refractivity contribution in [2.75, 3.05) is 38.3 Å². The minimum absolute atomic E-state index is 0.117. The largest absolute Gasteiger partial charge is 0.497 e. The third kappa shape index (κ3) is 4.90. The van der Waals surface area contributed by atoms with Crippen molar-refractivity contribution in [1.29, 1.82) is 0 Å². The second-order valence-corrected chi connectivity index (χ2v) is 9.51. The SMILES string of the molecule is COc1cccc(OCC2CCCN(C(=O)C3CCS(=O)(=O)CC3)C2)c1. The Hall–Kier alpha value is -1.76. The fourth-order valence-corrected chi connectivity index (χ4v) is 5.19. The van der Waals surface area contributed by atoms with Gasteiger partial charge in [-0.3, -0.25) is 4.79 Å². The molecule has 2 aliphatic heterocycles. The van der Waals surface area contributed by atoms with Crippen LogP contribution >= 0.6 is 0 Å². The summed E-state index contributed by atoms with van der Waals surface area (Å²) in [4.78, 5) is 14.6. The maximum Gasteiger partial charge on any atom is 0.225 e. The van der Waals surface area contributed by atoms with Crippen LogP contribution in [0.5, 0.6) is 11.5 Å². The van der Waals surface area contributed by atoms with Crippen molar-refractivity contribution in [3.8, 4) is 11.5 Å². The Morgan fingerprint density at radius 2 is 1.92 bits per heavy atom. The molecule has 1 atom stereocenters. The molecule has 0 aliphatic carbocycles. The molecular weight excluding hydrogens is 354 g/mol. The Bertz CT molecular complexity index is 719. The number of piperidine rings is 1. The number of likely N-dealkylation sites (tertiary alicyclic amines) is 1. The predicted octanol–water partition coefficient (Wildman–Crippen LogP) is 2.14. The van der Waals surface area contributed by atoms with Crippen LogP contribution in [0.25, 0.3) is 0 Å². The monoisotopic (exact) mass is 381 g/mol. The molecule has 144 valence electrons. The summed E-state index contributed by atoms with van der Waals surface area (Å²) in [7, 11) is -1.31. The molecule has 0 aromatic heterocycles. The zero-order valence-corrected chi connectivity index (χ0v) is 16.0. The highest BCUT2D eigenvalue weighted by Crippen LogP contribution is 2.26. The Morgan fingerprint density at radius 1 is 1.19 bits per heavy atom. The lowest BCUT2D eigenvalue weighted by Crippen LogP contribution is -2.45. The van der Waals surface area contributed by atoms with E-state index in [1.807, 2.05) is 29.2 Å². The molecule has 2 heterocycles. The quantitative estimate of drug-likeness (QED) is 0.781. The van der Waals surface area contributed by atoms with Gasteiger partial charge in [-0.2, -0.15) is 0 Å². The van der Waals surface area contributed by atoms with Crippen molar-refractivity contribution in [3.63, 3.8) is 0 Å². The van der Waals surface area contributed by atoms with Gasteiger partial charge in [-0.15, -0.1) is 0 Å². The number of nitrogens with zero attached hydrogens (tertiary/aromatic N) is 1. The highest BCUT2D eigenvalue weighted by Gasteiger charge is 2.33. The van der Waals surface area contributed by atoms with Crippen LogP contribution in [0.15, 0.2) is 24.3 Å². The lowest BCUT2D eigenvalue weighted by atomic mass is 9.95. The van der Waals surface area contributed by atoms with Gasteiger partial charge < -0.3 is 14.4 Å². The van der Waals surface area contributed by atoms with E-state index in [9.17, 15) is 13.2 Å². The maximum absolute atomic E-state index is 12.7. The van der Waals surface area contributed by atoms with E-state index in [0.717, 1.165) is 30.9 Å². The van der Waals surface area contributed by atoms with E-state index < -0.39 is 9.84 Å². The fourth-order valence-electron chi connectivity index (χ4n) is 3.70. The van der Waals surface area contributed by atoms with Gasteiger partial charge >= 0.3 is 0 Å². The van der Waals surface area contributed by atoms with Gasteiger partial charge in [-0.1, -0.05) is 6.07 Å². The normalized spacial score (nSPS) is 23.4. The van der Waals surface area contributed by atoms with Crippen LogP contribution < -0.4 is 9.47 Å². The second kappa shape index (κ2) is 8.29. The van der Waals surface area contributed by atoms with Crippen molar-refractivity contribution >= 4 is 15.7 Å². The molecule has 2 fully saturated rings. The van der Waals surface area contributed by atoms with Gasteiger partial charge in [0.2, 0.25) is 5.91 Å². The lowest BCUT2D eigenvalue weighted by molar-refractivity contribution is -0.137. The standard InChI is InChI=1S/C19H27NO5S/c1-24-17-5-2-6-18(12-17)25-14-15-4-3-9-20(13-15)19(21)16-7-10-26(22,23)11-8-16/h2,5-6,12,15-16H,3-4,7-11,13-14H2,1H3. The van der Waals surface area contributed by atoms with E-state index in [0.29, 0.717) is 31.9 Å². The van der Waals surface area contributed by atoms with E-state index >= 15 is 0 Å². The summed E-state index contributed by atoms with van der Waals surface area (Å²) in [5, 5.41) is 0. The molecule has 3 rings (SSSR count). The zero-order valence-electron chi connectivity index (χ0n) is 15.2. The third-order valence-corrected chi connectivity index (χ3v) is 6.98.